The molecule has 0 spiro atoms. The minimum atomic E-state index is -3.39. The maximum absolute atomic E-state index is 12.1. The zero-order chi connectivity index (χ0) is 14.7. The molecule has 0 aliphatic carbocycles. The zero-order valence-electron chi connectivity index (χ0n) is 11.2. The molecule has 0 aromatic carbocycles. The highest BCUT2D eigenvalue weighted by Gasteiger charge is 2.39. The molecule has 19 heavy (non-hydrogen) atoms. The molecule has 0 aromatic heterocycles. The second kappa shape index (κ2) is 5.77. The third-order valence-corrected chi connectivity index (χ3v) is 5.82. The summed E-state index contributed by atoms with van der Waals surface area (Å²) in [6.45, 7) is 3.35. The van der Waals surface area contributed by atoms with Crippen molar-refractivity contribution in [2.45, 2.75) is 50.3 Å². The number of sulfone groups is 1. The molecule has 1 rings (SSSR count). The molecule has 4 N–H and O–H groups in total. The van der Waals surface area contributed by atoms with Gasteiger partial charge in [0.2, 0.25) is 5.91 Å². The van der Waals surface area contributed by atoms with Crippen LogP contribution in [0.1, 0.15) is 39.5 Å². The van der Waals surface area contributed by atoms with Gasteiger partial charge in [-0.15, -0.1) is 0 Å². The van der Waals surface area contributed by atoms with Crippen LogP contribution >= 0.6 is 0 Å². The fourth-order valence-electron chi connectivity index (χ4n) is 2.05. The van der Waals surface area contributed by atoms with E-state index in [9.17, 15) is 13.2 Å². The molecule has 8 heteroatoms. The van der Waals surface area contributed by atoms with Gasteiger partial charge in [-0.3, -0.25) is 4.79 Å². The standard InChI is InChI=1S/C11H21N3O4S/c1-3-11(2,10(12)14-16)13-9(15)8-6-4-5-7-19(8,17)18/h8,16H,3-7H2,1-2H3,(H2,12,14)(H,13,15). The molecule has 1 saturated heterocycles. The van der Waals surface area contributed by atoms with E-state index in [0.29, 0.717) is 25.7 Å². The Morgan fingerprint density at radius 2 is 2.16 bits per heavy atom. The van der Waals surface area contributed by atoms with Gasteiger partial charge in [-0.25, -0.2) is 8.42 Å². The first-order valence-corrected chi connectivity index (χ1v) is 8.00. The molecule has 1 amide bonds. The Kier molecular flexibility index (Phi) is 4.78. The number of nitrogens with one attached hydrogen (secondary N) is 1. The SMILES string of the molecule is CCC(C)(NC(=O)C1CCCCS1(=O)=O)C(N)=NO. The third kappa shape index (κ3) is 3.37. The van der Waals surface area contributed by atoms with Gasteiger partial charge in [-0.2, -0.15) is 0 Å². The van der Waals surface area contributed by atoms with Gasteiger partial charge in [0.15, 0.2) is 15.7 Å². The van der Waals surface area contributed by atoms with Gasteiger partial charge in [-0.1, -0.05) is 18.5 Å². The summed E-state index contributed by atoms with van der Waals surface area (Å²) < 4.78 is 23.7. The second-order valence-electron chi connectivity index (χ2n) is 5.01. The predicted molar refractivity (Wildman–Crippen MR) is 71.7 cm³/mol. The maximum Gasteiger partial charge on any atom is 0.239 e. The number of hydrogen-bond acceptors (Lipinski definition) is 5. The number of hydrogen-bond donors (Lipinski definition) is 3. The summed E-state index contributed by atoms with van der Waals surface area (Å²) in [5.41, 5.74) is 4.50. The third-order valence-electron chi connectivity index (χ3n) is 3.65. The largest absolute Gasteiger partial charge is 0.409 e. The highest BCUT2D eigenvalue weighted by molar-refractivity contribution is 7.92. The van der Waals surface area contributed by atoms with Crippen LogP contribution in [-0.2, 0) is 14.6 Å². The zero-order valence-corrected chi connectivity index (χ0v) is 12.0. The van der Waals surface area contributed by atoms with E-state index in [1.807, 2.05) is 0 Å². The summed E-state index contributed by atoms with van der Waals surface area (Å²) in [5, 5.41) is 13.2. The summed E-state index contributed by atoms with van der Waals surface area (Å²) in [6.07, 6.45) is 2.02. The highest BCUT2D eigenvalue weighted by atomic mass is 32.2. The summed E-state index contributed by atoms with van der Waals surface area (Å²) in [7, 11) is -3.39. The average molecular weight is 291 g/mol. The minimum Gasteiger partial charge on any atom is -0.409 e. The van der Waals surface area contributed by atoms with Gasteiger partial charge in [-0.05, 0) is 26.2 Å². The van der Waals surface area contributed by atoms with Gasteiger partial charge < -0.3 is 16.3 Å². The number of carbonyl (C=O) groups excluding carboxylic acids is 1. The summed E-state index contributed by atoms with van der Waals surface area (Å²) in [5.74, 6) is -0.676. The Balaban J connectivity index is 2.89. The van der Waals surface area contributed by atoms with Crippen molar-refractivity contribution in [3.63, 3.8) is 0 Å². The maximum atomic E-state index is 12.1. The Morgan fingerprint density at radius 3 is 2.63 bits per heavy atom. The number of oxime groups is 1. The van der Waals surface area contributed by atoms with Crippen LogP contribution in [0.5, 0.6) is 0 Å². The van der Waals surface area contributed by atoms with Crippen molar-refractivity contribution in [3.05, 3.63) is 0 Å². The highest BCUT2D eigenvalue weighted by Crippen LogP contribution is 2.21. The van der Waals surface area contributed by atoms with E-state index in [4.69, 9.17) is 10.9 Å². The van der Waals surface area contributed by atoms with Crippen LogP contribution in [-0.4, -0.2) is 41.9 Å². The van der Waals surface area contributed by atoms with E-state index < -0.39 is 26.5 Å². The number of carbonyl (C=O) groups is 1. The van der Waals surface area contributed by atoms with Crippen LogP contribution in [0.15, 0.2) is 5.16 Å². The lowest BCUT2D eigenvalue weighted by Crippen LogP contribution is -2.58. The smallest absolute Gasteiger partial charge is 0.239 e. The quantitative estimate of drug-likeness (QED) is 0.291. The second-order valence-corrected chi connectivity index (χ2v) is 7.31. The van der Waals surface area contributed by atoms with Gasteiger partial charge in [0.1, 0.15) is 5.25 Å². The molecule has 7 nitrogen and oxygen atoms in total. The van der Waals surface area contributed by atoms with Gasteiger partial charge in [0, 0.05) is 0 Å². The molecule has 1 fully saturated rings. The number of rotatable bonds is 4. The lowest BCUT2D eigenvalue weighted by molar-refractivity contribution is -0.122. The van der Waals surface area contributed by atoms with Gasteiger partial charge >= 0.3 is 0 Å². The molecule has 1 heterocycles. The number of nitrogens with zero attached hydrogens (tertiary/aromatic N) is 1. The van der Waals surface area contributed by atoms with E-state index in [1.165, 1.54) is 0 Å². The van der Waals surface area contributed by atoms with Crippen LogP contribution in [0.2, 0.25) is 0 Å². The molecule has 1 aliphatic heterocycles. The van der Waals surface area contributed by atoms with Crippen molar-refractivity contribution >= 4 is 21.6 Å². The topological polar surface area (TPSA) is 122 Å². The van der Waals surface area contributed by atoms with E-state index in [1.54, 1.807) is 13.8 Å². The Hall–Kier alpha value is -1.31. The van der Waals surface area contributed by atoms with Crippen molar-refractivity contribution in [2.75, 3.05) is 5.75 Å². The first-order valence-electron chi connectivity index (χ1n) is 6.28. The number of nitrogens with two attached hydrogens (primary N) is 1. The molecule has 2 atom stereocenters. The molecular weight excluding hydrogens is 270 g/mol. The monoisotopic (exact) mass is 291 g/mol. The molecule has 0 bridgehead atoms. The fourth-order valence-corrected chi connectivity index (χ4v) is 3.85. The van der Waals surface area contributed by atoms with Crippen LogP contribution in [0.4, 0.5) is 0 Å². The summed E-state index contributed by atoms with van der Waals surface area (Å²) >= 11 is 0. The summed E-state index contributed by atoms with van der Waals surface area (Å²) in [4.78, 5) is 12.1. The fraction of sp³-hybridized carbons (Fsp3) is 0.818. The lowest BCUT2D eigenvalue weighted by atomic mass is 9.97. The van der Waals surface area contributed by atoms with Crippen molar-refractivity contribution in [2.24, 2.45) is 10.9 Å². The van der Waals surface area contributed by atoms with E-state index in [2.05, 4.69) is 10.5 Å². The Bertz CT molecular complexity index is 474. The lowest BCUT2D eigenvalue weighted by Gasteiger charge is -2.31. The number of amides is 1. The van der Waals surface area contributed by atoms with Gasteiger partial charge in [0.05, 0.1) is 11.3 Å². The summed E-state index contributed by atoms with van der Waals surface area (Å²) in [6, 6.07) is 0. The van der Waals surface area contributed by atoms with E-state index in [0.717, 1.165) is 0 Å². The van der Waals surface area contributed by atoms with E-state index in [-0.39, 0.29) is 11.6 Å². The molecule has 0 aromatic rings. The van der Waals surface area contributed by atoms with Crippen LogP contribution in [0.3, 0.4) is 0 Å². The minimum absolute atomic E-state index is 0.0392. The van der Waals surface area contributed by atoms with Crippen molar-refractivity contribution in [1.29, 1.82) is 0 Å². The molecule has 0 radical (unpaired) electrons. The Morgan fingerprint density at radius 1 is 1.53 bits per heavy atom. The predicted octanol–water partition coefficient (Wildman–Crippen LogP) is -0.0150. The molecular formula is C11H21N3O4S. The average Bonchev–Trinajstić information content (AvgIpc) is 2.36. The van der Waals surface area contributed by atoms with Crippen LogP contribution in [0.25, 0.3) is 0 Å². The Labute approximate surface area is 113 Å². The number of amidine groups is 1. The normalized spacial score (nSPS) is 26.4. The van der Waals surface area contributed by atoms with Crippen LogP contribution < -0.4 is 11.1 Å². The van der Waals surface area contributed by atoms with Gasteiger partial charge in [0.25, 0.3) is 0 Å². The molecule has 0 saturated carbocycles. The van der Waals surface area contributed by atoms with Crippen molar-refractivity contribution in [1.82, 2.24) is 5.32 Å². The molecule has 1 aliphatic rings. The first-order chi connectivity index (χ1) is 8.77. The first kappa shape index (κ1) is 15.7. The van der Waals surface area contributed by atoms with Crippen LogP contribution in [0, 0.1) is 0 Å². The van der Waals surface area contributed by atoms with Crippen molar-refractivity contribution in [3.8, 4) is 0 Å². The molecule has 110 valence electrons. The molecule has 2 unspecified atom stereocenters. The van der Waals surface area contributed by atoms with E-state index >= 15 is 0 Å². The van der Waals surface area contributed by atoms with Crippen molar-refractivity contribution < 1.29 is 18.4 Å².